The van der Waals surface area contributed by atoms with Crippen molar-refractivity contribution in [3.63, 3.8) is 0 Å². The van der Waals surface area contributed by atoms with Gasteiger partial charge in [-0.15, -0.1) is 0 Å². The molecule has 0 aliphatic heterocycles. The number of aromatic nitrogens is 4. The van der Waals surface area contributed by atoms with E-state index in [2.05, 4.69) is 15.1 Å². The Morgan fingerprint density at radius 3 is 2.95 bits per heavy atom. The van der Waals surface area contributed by atoms with E-state index in [1.807, 2.05) is 0 Å². The van der Waals surface area contributed by atoms with E-state index >= 15 is 0 Å². The van der Waals surface area contributed by atoms with Gasteiger partial charge in [0.1, 0.15) is 12.1 Å². The van der Waals surface area contributed by atoms with Gasteiger partial charge in [0, 0.05) is 18.1 Å². The minimum Gasteiger partial charge on any atom is -0.462 e. The van der Waals surface area contributed by atoms with Crippen molar-refractivity contribution < 1.29 is 9.53 Å². The fourth-order valence-electron chi connectivity index (χ4n) is 1.39. The number of nitrogens with two attached hydrogens (primary N) is 1. The van der Waals surface area contributed by atoms with Crippen LogP contribution < -0.4 is 5.73 Å². The zero-order chi connectivity index (χ0) is 13.8. The zero-order valence-electron chi connectivity index (χ0n) is 10.5. The molecule has 0 aromatic carbocycles. The second-order valence-electron chi connectivity index (χ2n) is 3.59. The van der Waals surface area contributed by atoms with Crippen molar-refractivity contribution in [2.45, 2.75) is 17.0 Å². The number of pyridine rings is 1. The predicted molar refractivity (Wildman–Crippen MR) is 69.7 cm³/mol. The molecule has 0 bridgehead atoms. The lowest BCUT2D eigenvalue weighted by Gasteiger charge is -2.08. The number of aryl methyl sites for hydroxylation is 1. The van der Waals surface area contributed by atoms with Gasteiger partial charge in [-0.2, -0.15) is 5.10 Å². The number of carbonyl (C=O) groups is 1. The quantitative estimate of drug-likeness (QED) is 0.838. The number of anilines is 1. The molecule has 0 radical (unpaired) electrons. The second-order valence-corrected chi connectivity index (χ2v) is 4.60. The van der Waals surface area contributed by atoms with E-state index in [9.17, 15) is 4.79 Å². The maximum atomic E-state index is 11.9. The van der Waals surface area contributed by atoms with Gasteiger partial charge in [-0.05, 0) is 24.8 Å². The normalized spacial score (nSPS) is 10.4. The summed E-state index contributed by atoms with van der Waals surface area (Å²) in [5, 5.41) is 4.61. The molecule has 0 spiro atoms. The lowest BCUT2D eigenvalue weighted by atomic mass is 10.2. The second kappa shape index (κ2) is 5.70. The standard InChI is InChI=1S/C11H13N5O2S/c1-3-18-10(17)7-4-9(12)13-5-8(7)19-11-14-6-15-16(11)2/h4-6H,3H2,1-2H3,(H2,12,13). The summed E-state index contributed by atoms with van der Waals surface area (Å²) in [5.74, 6) is -0.161. The fraction of sp³-hybridized carbons (Fsp3) is 0.273. The summed E-state index contributed by atoms with van der Waals surface area (Å²) >= 11 is 1.28. The monoisotopic (exact) mass is 279 g/mol. The molecule has 2 aromatic heterocycles. The van der Waals surface area contributed by atoms with Crippen molar-refractivity contribution in [2.75, 3.05) is 12.3 Å². The summed E-state index contributed by atoms with van der Waals surface area (Å²) in [6, 6.07) is 1.50. The van der Waals surface area contributed by atoms with Gasteiger partial charge in [-0.1, -0.05) is 0 Å². The third kappa shape index (κ3) is 3.02. The Bertz CT molecular complexity index is 599. The highest BCUT2D eigenvalue weighted by Gasteiger charge is 2.16. The SMILES string of the molecule is CCOC(=O)c1cc(N)ncc1Sc1ncnn1C. The van der Waals surface area contributed by atoms with Crippen molar-refractivity contribution in [3.05, 3.63) is 24.2 Å². The number of nitrogen functional groups attached to an aromatic ring is 1. The van der Waals surface area contributed by atoms with Crippen molar-refractivity contribution in [2.24, 2.45) is 7.05 Å². The molecule has 0 atom stereocenters. The van der Waals surface area contributed by atoms with E-state index in [4.69, 9.17) is 10.5 Å². The van der Waals surface area contributed by atoms with E-state index in [1.54, 1.807) is 18.7 Å². The molecular formula is C11H13N5O2S. The first-order chi connectivity index (χ1) is 9.11. The van der Waals surface area contributed by atoms with Crippen LogP contribution in [0.5, 0.6) is 0 Å². The Kier molecular flexibility index (Phi) is 4.00. The summed E-state index contributed by atoms with van der Waals surface area (Å²) in [5.41, 5.74) is 5.98. The molecule has 0 aliphatic carbocycles. The first-order valence-corrected chi connectivity index (χ1v) is 6.38. The van der Waals surface area contributed by atoms with Gasteiger partial charge >= 0.3 is 5.97 Å². The molecule has 2 aromatic rings. The molecule has 0 amide bonds. The first-order valence-electron chi connectivity index (χ1n) is 5.56. The Morgan fingerprint density at radius 1 is 1.53 bits per heavy atom. The molecule has 0 fully saturated rings. The first kappa shape index (κ1) is 13.3. The third-order valence-electron chi connectivity index (χ3n) is 2.25. The van der Waals surface area contributed by atoms with E-state index in [-0.39, 0.29) is 5.82 Å². The van der Waals surface area contributed by atoms with Gasteiger partial charge in [0.15, 0.2) is 5.16 Å². The number of carbonyl (C=O) groups excluding carboxylic acids is 1. The van der Waals surface area contributed by atoms with Crippen molar-refractivity contribution in [3.8, 4) is 0 Å². The number of ether oxygens (including phenoxy) is 1. The van der Waals surface area contributed by atoms with Crippen molar-refractivity contribution in [1.82, 2.24) is 19.7 Å². The maximum Gasteiger partial charge on any atom is 0.339 e. The van der Waals surface area contributed by atoms with E-state index in [0.717, 1.165) is 0 Å². The zero-order valence-corrected chi connectivity index (χ0v) is 11.3. The molecule has 0 aliphatic rings. The number of nitrogens with zero attached hydrogens (tertiary/aromatic N) is 4. The summed E-state index contributed by atoms with van der Waals surface area (Å²) < 4.78 is 6.60. The van der Waals surface area contributed by atoms with Crippen LogP contribution in [0.4, 0.5) is 5.82 Å². The molecule has 2 rings (SSSR count). The van der Waals surface area contributed by atoms with Crippen molar-refractivity contribution in [1.29, 1.82) is 0 Å². The summed E-state index contributed by atoms with van der Waals surface area (Å²) in [6.07, 6.45) is 2.97. The van der Waals surface area contributed by atoms with E-state index < -0.39 is 5.97 Å². The van der Waals surface area contributed by atoms with Gasteiger partial charge < -0.3 is 10.5 Å². The lowest BCUT2D eigenvalue weighted by Crippen LogP contribution is -2.08. The van der Waals surface area contributed by atoms with E-state index in [0.29, 0.717) is 22.2 Å². The van der Waals surface area contributed by atoms with Crippen LogP contribution in [0.15, 0.2) is 28.6 Å². The average molecular weight is 279 g/mol. The highest BCUT2D eigenvalue weighted by molar-refractivity contribution is 7.99. The topological polar surface area (TPSA) is 95.9 Å². The highest BCUT2D eigenvalue weighted by Crippen LogP contribution is 2.29. The molecular weight excluding hydrogens is 266 g/mol. The number of hydrogen-bond acceptors (Lipinski definition) is 7. The van der Waals surface area contributed by atoms with Crippen LogP contribution in [0.25, 0.3) is 0 Å². The van der Waals surface area contributed by atoms with Crippen LogP contribution in [0.2, 0.25) is 0 Å². The van der Waals surface area contributed by atoms with Gasteiger partial charge in [0.05, 0.1) is 12.2 Å². The fourth-order valence-corrected chi connectivity index (χ4v) is 2.22. The van der Waals surface area contributed by atoms with Crippen LogP contribution in [0.1, 0.15) is 17.3 Å². The minimum atomic E-state index is -0.429. The largest absolute Gasteiger partial charge is 0.462 e. The minimum absolute atomic E-state index is 0.269. The third-order valence-corrected chi connectivity index (χ3v) is 3.35. The molecule has 0 unspecified atom stereocenters. The van der Waals surface area contributed by atoms with Crippen LogP contribution in [0.3, 0.4) is 0 Å². The number of esters is 1. The molecule has 2 N–H and O–H groups in total. The molecule has 0 saturated carbocycles. The molecule has 2 heterocycles. The molecule has 100 valence electrons. The number of hydrogen-bond donors (Lipinski definition) is 1. The highest BCUT2D eigenvalue weighted by atomic mass is 32.2. The molecule has 8 heteroatoms. The lowest BCUT2D eigenvalue weighted by molar-refractivity contribution is 0.0522. The van der Waals surface area contributed by atoms with Crippen molar-refractivity contribution >= 4 is 23.5 Å². The average Bonchev–Trinajstić information content (AvgIpc) is 2.77. The van der Waals surface area contributed by atoms with Crippen LogP contribution in [-0.4, -0.2) is 32.3 Å². The number of rotatable bonds is 4. The maximum absolute atomic E-state index is 11.9. The van der Waals surface area contributed by atoms with Crippen LogP contribution in [-0.2, 0) is 11.8 Å². The Balaban J connectivity index is 2.34. The van der Waals surface area contributed by atoms with E-state index in [1.165, 1.54) is 30.4 Å². The Labute approximate surface area is 114 Å². The van der Waals surface area contributed by atoms with Gasteiger partial charge in [0.25, 0.3) is 0 Å². The van der Waals surface area contributed by atoms with Crippen LogP contribution >= 0.6 is 11.8 Å². The predicted octanol–water partition coefficient (Wildman–Crippen LogP) is 1.12. The van der Waals surface area contributed by atoms with Gasteiger partial charge in [-0.25, -0.2) is 19.4 Å². The smallest absolute Gasteiger partial charge is 0.339 e. The summed E-state index contributed by atoms with van der Waals surface area (Å²) in [6.45, 7) is 2.05. The summed E-state index contributed by atoms with van der Waals surface area (Å²) in [7, 11) is 1.77. The molecule has 0 saturated heterocycles. The Morgan fingerprint density at radius 2 is 2.32 bits per heavy atom. The Hall–Kier alpha value is -2.09. The molecule has 19 heavy (non-hydrogen) atoms. The van der Waals surface area contributed by atoms with Crippen LogP contribution in [0, 0.1) is 0 Å². The van der Waals surface area contributed by atoms with Gasteiger partial charge in [-0.3, -0.25) is 0 Å². The van der Waals surface area contributed by atoms with Gasteiger partial charge in [0.2, 0.25) is 0 Å². The molecule has 7 nitrogen and oxygen atoms in total. The summed E-state index contributed by atoms with van der Waals surface area (Å²) in [4.78, 5) is 20.6.